The highest BCUT2D eigenvalue weighted by Gasteiger charge is 2.20. The van der Waals surface area contributed by atoms with Gasteiger partial charge in [0.05, 0.1) is 0 Å². The molecule has 1 atom stereocenters. The van der Waals surface area contributed by atoms with Gasteiger partial charge < -0.3 is 5.73 Å². The van der Waals surface area contributed by atoms with Gasteiger partial charge in [0.2, 0.25) is 0 Å². The van der Waals surface area contributed by atoms with Crippen LogP contribution in [0.3, 0.4) is 0 Å². The predicted molar refractivity (Wildman–Crippen MR) is 68.1 cm³/mol. The van der Waals surface area contributed by atoms with Crippen LogP contribution in [0.25, 0.3) is 0 Å². The van der Waals surface area contributed by atoms with E-state index in [1.807, 2.05) is 0 Å². The number of rotatable bonds is 3. The van der Waals surface area contributed by atoms with Crippen molar-refractivity contribution in [1.82, 2.24) is 0 Å². The standard InChI is InChI=1S/C15H13F4N/c1-8-2-4-12(18)14(15(8)19)13(20)7-9-6-10(16)3-5-11(9)17/h2-6,13H,7,20H2,1H3. The van der Waals surface area contributed by atoms with Crippen molar-refractivity contribution in [1.29, 1.82) is 0 Å². The maximum absolute atomic E-state index is 13.9. The van der Waals surface area contributed by atoms with E-state index < -0.39 is 29.3 Å². The first kappa shape index (κ1) is 14.5. The number of benzene rings is 2. The number of hydrogen-bond acceptors (Lipinski definition) is 1. The van der Waals surface area contributed by atoms with Gasteiger partial charge in [-0.2, -0.15) is 0 Å². The molecule has 0 amide bonds. The Labute approximate surface area is 114 Å². The molecule has 0 radical (unpaired) electrons. The van der Waals surface area contributed by atoms with Crippen molar-refractivity contribution >= 4 is 0 Å². The summed E-state index contributed by atoms with van der Waals surface area (Å²) in [6.45, 7) is 1.48. The third-order valence-corrected chi connectivity index (χ3v) is 3.14. The molecule has 5 heteroatoms. The molecule has 106 valence electrons. The van der Waals surface area contributed by atoms with Crippen LogP contribution in [0.15, 0.2) is 30.3 Å². The smallest absolute Gasteiger partial charge is 0.133 e. The summed E-state index contributed by atoms with van der Waals surface area (Å²) in [7, 11) is 0. The van der Waals surface area contributed by atoms with Crippen molar-refractivity contribution < 1.29 is 17.6 Å². The first-order valence-electron chi connectivity index (χ1n) is 6.04. The van der Waals surface area contributed by atoms with Gasteiger partial charge in [-0.25, -0.2) is 17.6 Å². The molecule has 20 heavy (non-hydrogen) atoms. The topological polar surface area (TPSA) is 26.0 Å². The van der Waals surface area contributed by atoms with Gasteiger partial charge in [-0.15, -0.1) is 0 Å². The van der Waals surface area contributed by atoms with E-state index >= 15 is 0 Å². The Morgan fingerprint density at radius 2 is 1.65 bits per heavy atom. The zero-order valence-electron chi connectivity index (χ0n) is 10.8. The third kappa shape index (κ3) is 2.82. The summed E-state index contributed by atoms with van der Waals surface area (Å²) >= 11 is 0. The zero-order chi connectivity index (χ0) is 14.9. The van der Waals surface area contributed by atoms with E-state index in [0.717, 1.165) is 24.3 Å². The van der Waals surface area contributed by atoms with Gasteiger partial charge in [0.15, 0.2) is 0 Å². The van der Waals surface area contributed by atoms with E-state index in [-0.39, 0.29) is 23.1 Å². The van der Waals surface area contributed by atoms with E-state index in [4.69, 9.17) is 5.73 Å². The van der Waals surface area contributed by atoms with Gasteiger partial charge in [0, 0.05) is 11.6 Å². The largest absolute Gasteiger partial charge is 0.323 e. The van der Waals surface area contributed by atoms with Crippen molar-refractivity contribution in [2.75, 3.05) is 0 Å². The van der Waals surface area contributed by atoms with Gasteiger partial charge in [0.25, 0.3) is 0 Å². The number of halogens is 4. The van der Waals surface area contributed by atoms with Crippen molar-refractivity contribution in [3.8, 4) is 0 Å². The fourth-order valence-corrected chi connectivity index (χ4v) is 2.06. The van der Waals surface area contributed by atoms with E-state index in [9.17, 15) is 17.6 Å². The SMILES string of the molecule is Cc1ccc(F)c(C(N)Cc2cc(F)ccc2F)c1F. The molecule has 0 saturated heterocycles. The minimum absolute atomic E-state index is 0.0159. The fraction of sp³-hybridized carbons (Fsp3) is 0.200. The van der Waals surface area contributed by atoms with Gasteiger partial charge in [-0.1, -0.05) is 6.07 Å². The molecule has 0 aromatic heterocycles. The lowest BCUT2D eigenvalue weighted by molar-refractivity contribution is 0.512. The molecule has 1 nitrogen and oxygen atoms in total. The maximum atomic E-state index is 13.9. The van der Waals surface area contributed by atoms with Crippen LogP contribution in [0.4, 0.5) is 17.6 Å². The van der Waals surface area contributed by atoms with Gasteiger partial charge in [-0.3, -0.25) is 0 Å². The molecule has 0 saturated carbocycles. The van der Waals surface area contributed by atoms with Crippen molar-refractivity contribution in [2.45, 2.75) is 19.4 Å². The summed E-state index contributed by atoms with van der Waals surface area (Å²) in [5, 5.41) is 0. The third-order valence-electron chi connectivity index (χ3n) is 3.14. The zero-order valence-corrected chi connectivity index (χ0v) is 10.8. The quantitative estimate of drug-likeness (QED) is 0.852. The lowest BCUT2D eigenvalue weighted by Gasteiger charge is -2.15. The lowest BCUT2D eigenvalue weighted by atomic mass is 9.97. The molecule has 2 aromatic rings. The highest BCUT2D eigenvalue weighted by Crippen LogP contribution is 2.25. The normalized spacial score (nSPS) is 12.5. The average molecular weight is 283 g/mol. The van der Waals surface area contributed by atoms with E-state index in [2.05, 4.69) is 0 Å². The maximum Gasteiger partial charge on any atom is 0.133 e. The molecule has 1 unspecified atom stereocenters. The molecule has 0 aliphatic carbocycles. The summed E-state index contributed by atoms with van der Waals surface area (Å²) < 4.78 is 54.2. The summed E-state index contributed by atoms with van der Waals surface area (Å²) in [6, 6.07) is 4.21. The Morgan fingerprint density at radius 3 is 2.35 bits per heavy atom. The van der Waals surface area contributed by atoms with Gasteiger partial charge >= 0.3 is 0 Å². The molecular formula is C15H13F4N. The summed E-state index contributed by atoms with van der Waals surface area (Å²) in [4.78, 5) is 0. The van der Waals surface area contributed by atoms with Crippen LogP contribution >= 0.6 is 0 Å². The second kappa shape index (κ2) is 5.63. The number of aryl methyl sites for hydroxylation is 1. The fourth-order valence-electron chi connectivity index (χ4n) is 2.06. The van der Waals surface area contributed by atoms with Crippen LogP contribution in [-0.4, -0.2) is 0 Å². The second-order valence-corrected chi connectivity index (χ2v) is 4.64. The highest BCUT2D eigenvalue weighted by molar-refractivity contribution is 5.31. The molecule has 0 aliphatic heterocycles. The molecule has 2 N–H and O–H groups in total. The molecular weight excluding hydrogens is 270 g/mol. The van der Waals surface area contributed by atoms with Crippen molar-refractivity contribution in [3.63, 3.8) is 0 Å². The monoisotopic (exact) mass is 283 g/mol. The Bertz CT molecular complexity index is 640. The second-order valence-electron chi connectivity index (χ2n) is 4.64. The van der Waals surface area contributed by atoms with Crippen LogP contribution in [0.2, 0.25) is 0 Å². The summed E-state index contributed by atoms with van der Waals surface area (Å²) in [5.41, 5.74) is 5.67. The van der Waals surface area contributed by atoms with Crippen LogP contribution in [-0.2, 0) is 6.42 Å². The lowest BCUT2D eigenvalue weighted by Crippen LogP contribution is -2.18. The van der Waals surface area contributed by atoms with Crippen LogP contribution in [0.5, 0.6) is 0 Å². The van der Waals surface area contributed by atoms with E-state index in [1.54, 1.807) is 0 Å². The minimum atomic E-state index is -1.09. The molecule has 0 fully saturated rings. The average Bonchev–Trinajstić information content (AvgIpc) is 2.39. The van der Waals surface area contributed by atoms with Crippen LogP contribution < -0.4 is 5.73 Å². The molecule has 0 heterocycles. The first-order chi connectivity index (χ1) is 9.40. The molecule has 2 rings (SSSR count). The van der Waals surface area contributed by atoms with Crippen LogP contribution in [0, 0.1) is 30.2 Å². The van der Waals surface area contributed by atoms with Crippen molar-refractivity contribution in [2.24, 2.45) is 5.73 Å². The molecule has 0 bridgehead atoms. The Balaban J connectivity index is 2.35. The summed E-state index contributed by atoms with van der Waals surface area (Å²) in [6.07, 6.45) is -0.194. The number of hydrogen-bond donors (Lipinski definition) is 1. The minimum Gasteiger partial charge on any atom is -0.323 e. The highest BCUT2D eigenvalue weighted by atomic mass is 19.1. The predicted octanol–water partition coefficient (Wildman–Crippen LogP) is 3.79. The molecule has 2 aromatic carbocycles. The Kier molecular flexibility index (Phi) is 4.09. The van der Waals surface area contributed by atoms with Crippen molar-refractivity contribution in [3.05, 3.63) is 70.3 Å². The first-order valence-corrected chi connectivity index (χ1v) is 6.04. The van der Waals surface area contributed by atoms with Gasteiger partial charge in [-0.05, 0) is 48.7 Å². The number of nitrogens with two attached hydrogens (primary N) is 1. The Morgan fingerprint density at radius 1 is 1.00 bits per heavy atom. The van der Waals surface area contributed by atoms with E-state index in [1.165, 1.54) is 13.0 Å². The Hall–Kier alpha value is -1.88. The molecule has 0 aliphatic rings. The van der Waals surface area contributed by atoms with E-state index in [0.29, 0.717) is 0 Å². The van der Waals surface area contributed by atoms with Crippen LogP contribution in [0.1, 0.15) is 22.7 Å². The van der Waals surface area contributed by atoms with Gasteiger partial charge in [0.1, 0.15) is 23.3 Å². The molecule has 0 spiro atoms. The summed E-state index contributed by atoms with van der Waals surface area (Å²) in [5.74, 6) is -2.83.